The second kappa shape index (κ2) is 7.89. The van der Waals surface area contributed by atoms with Crippen LogP contribution in [0.5, 0.6) is 11.5 Å². The summed E-state index contributed by atoms with van der Waals surface area (Å²) < 4.78 is 17.7. The normalized spacial score (nSPS) is 13.0. The Hall–Kier alpha value is -2.74. The first-order valence-electron chi connectivity index (χ1n) is 8.09. The molecule has 1 aromatic heterocycles. The lowest BCUT2D eigenvalue weighted by Crippen LogP contribution is -2.32. The van der Waals surface area contributed by atoms with Crippen LogP contribution in [0, 0.1) is 0 Å². The largest absolute Gasteiger partial charge is 0.497 e. The van der Waals surface area contributed by atoms with Crippen molar-refractivity contribution in [1.82, 2.24) is 15.1 Å². The molecule has 0 bridgehead atoms. The lowest BCUT2D eigenvalue weighted by Gasteiger charge is -2.15. The van der Waals surface area contributed by atoms with Gasteiger partial charge in [0, 0.05) is 30.3 Å². The first-order valence-corrected chi connectivity index (χ1v) is 8.09. The molecule has 0 fully saturated rings. The Kier molecular flexibility index (Phi) is 5.39. The van der Waals surface area contributed by atoms with E-state index in [-0.39, 0.29) is 6.03 Å². The van der Waals surface area contributed by atoms with E-state index in [1.165, 1.54) is 5.69 Å². The number of nitrogens with one attached hydrogen (secondary N) is 2. The molecule has 1 aliphatic rings. The molecule has 2 heterocycles. The number of aromatic nitrogens is 2. The van der Waals surface area contributed by atoms with Gasteiger partial charge in [0.15, 0.2) is 0 Å². The molecule has 8 nitrogen and oxygen atoms in total. The average molecular weight is 346 g/mol. The second-order valence-corrected chi connectivity index (χ2v) is 5.59. The van der Waals surface area contributed by atoms with E-state index in [2.05, 4.69) is 15.7 Å². The van der Waals surface area contributed by atoms with Crippen molar-refractivity contribution in [3.8, 4) is 11.5 Å². The van der Waals surface area contributed by atoms with Crippen LogP contribution in [0.15, 0.2) is 24.4 Å². The summed E-state index contributed by atoms with van der Waals surface area (Å²) >= 11 is 0. The summed E-state index contributed by atoms with van der Waals surface area (Å²) in [6.45, 7) is 2.41. The first-order chi connectivity index (χ1) is 12.2. The highest BCUT2D eigenvalue weighted by molar-refractivity contribution is 5.91. The molecule has 0 saturated heterocycles. The number of methoxy groups -OCH3 is 2. The van der Waals surface area contributed by atoms with E-state index in [0.717, 1.165) is 12.0 Å². The molecule has 3 rings (SSSR count). The molecule has 8 heteroatoms. The Morgan fingerprint density at radius 2 is 2.24 bits per heavy atom. The van der Waals surface area contributed by atoms with Gasteiger partial charge in [-0.05, 0) is 12.1 Å². The fourth-order valence-electron chi connectivity index (χ4n) is 2.75. The minimum atomic E-state index is -0.298. The van der Waals surface area contributed by atoms with Crippen molar-refractivity contribution in [2.24, 2.45) is 0 Å². The third-order valence-corrected chi connectivity index (χ3v) is 4.04. The lowest BCUT2D eigenvalue weighted by atomic mass is 10.2. The fourth-order valence-corrected chi connectivity index (χ4v) is 2.75. The highest BCUT2D eigenvalue weighted by Crippen LogP contribution is 2.28. The zero-order valence-corrected chi connectivity index (χ0v) is 14.4. The number of nitrogens with zero attached hydrogens (tertiary/aromatic N) is 2. The number of rotatable bonds is 6. The molecule has 1 aromatic carbocycles. The summed E-state index contributed by atoms with van der Waals surface area (Å²) in [6, 6.07) is 4.92. The molecule has 0 radical (unpaired) electrons. The number of urea groups is 1. The van der Waals surface area contributed by atoms with Crippen LogP contribution in [0.3, 0.4) is 0 Å². The van der Waals surface area contributed by atoms with Crippen LogP contribution in [0.4, 0.5) is 10.5 Å². The molecule has 2 amide bonds. The molecule has 0 saturated carbocycles. The summed E-state index contributed by atoms with van der Waals surface area (Å²) in [5.41, 5.74) is 2.89. The van der Waals surface area contributed by atoms with Crippen LogP contribution in [0.2, 0.25) is 0 Å². The van der Waals surface area contributed by atoms with E-state index in [1.54, 1.807) is 32.4 Å². The molecular weight excluding hydrogens is 324 g/mol. The Morgan fingerprint density at radius 1 is 1.36 bits per heavy atom. The molecule has 25 heavy (non-hydrogen) atoms. The number of ether oxygens (including phenoxy) is 3. The number of hydrogen-bond acceptors (Lipinski definition) is 5. The highest BCUT2D eigenvalue weighted by atomic mass is 16.5. The minimum absolute atomic E-state index is 0.298. The van der Waals surface area contributed by atoms with Gasteiger partial charge in [0.2, 0.25) is 0 Å². The fraction of sp³-hybridized carbons (Fsp3) is 0.412. The van der Waals surface area contributed by atoms with Crippen LogP contribution >= 0.6 is 0 Å². The SMILES string of the molecule is COc1ccc(NC(=O)NCCn2ncc3c2CCOC3)c(OC)c1. The summed E-state index contributed by atoms with van der Waals surface area (Å²) in [5, 5.41) is 9.96. The van der Waals surface area contributed by atoms with Gasteiger partial charge in [-0.25, -0.2) is 4.79 Å². The monoisotopic (exact) mass is 346 g/mol. The zero-order chi connectivity index (χ0) is 17.6. The van der Waals surface area contributed by atoms with Crippen molar-refractivity contribution >= 4 is 11.7 Å². The first kappa shape index (κ1) is 17.1. The quantitative estimate of drug-likeness (QED) is 0.833. The Morgan fingerprint density at radius 3 is 3.04 bits per heavy atom. The number of fused-ring (bicyclic) bond motifs is 1. The van der Waals surface area contributed by atoms with Crippen LogP contribution in [0.1, 0.15) is 11.3 Å². The average Bonchev–Trinajstić information content (AvgIpc) is 3.05. The van der Waals surface area contributed by atoms with Gasteiger partial charge in [0.05, 0.1) is 45.9 Å². The van der Waals surface area contributed by atoms with Crippen LogP contribution in [0.25, 0.3) is 0 Å². The molecule has 0 aliphatic carbocycles. The molecule has 2 N–H and O–H groups in total. The maximum Gasteiger partial charge on any atom is 0.319 e. The number of anilines is 1. The van der Waals surface area contributed by atoms with E-state index < -0.39 is 0 Å². The third kappa shape index (κ3) is 4.03. The molecule has 0 unspecified atom stereocenters. The van der Waals surface area contributed by atoms with Crippen LogP contribution in [-0.2, 0) is 24.3 Å². The van der Waals surface area contributed by atoms with Gasteiger partial charge < -0.3 is 24.8 Å². The van der Waals surface area contributed by atoms with E-state index in [4.69, 9.17) is 14.2 Å². The lowest BCUT2D eigenvalue weighted by molar-refractivity contribution is 0.109. The predicted octanol–water partition coefficient (Wildman–Crippen LogP) is 1.79. The maximum absolute atomic E-state index is 12.1. The van der Waals surface area contributed by atoms with Crippen molar-refractivity contribution in [1.29, 1.82) is 0 Å². The van der Waals surface area contributed by atoms with Crippen molar-refractivity contribution in [2.45, 2.75) is 19.6 Å². The number of carbonyl (C=O) groups excluding carboxylic acids is 1. The van der Waals surface area contributed by atoms with Crippen LogP contribution in [-0.4, -0.2) is 43.2 Å². The topological polar surface area (TPSA) is 86.6 Å². The van der Waals surface area contributed by atoms with Crippen molar-refractivity contribution in [2.75, 3.05) is 32.7 Å². The Balaban J connectivity index is 1.52. The summed E-state index contributed by atoms with van der Waals surface area (Å²) in [7, 11) is 3.12. The summed E-state index contributed by atoms with van der Waals surface area (Å²) in [5.74, 6) is 1.20. The van der Waals surface area contributed by atoms with Gasteiger partial charge in [0.1, 0.15) is 11.5 Å². The summed E-state index contributed by atoms with van der Waals surface area (Å²) in [4.78, 5) is 12.1. The van der Waals surface area contributed by atoms with Gasteiger partial charge in [-0.1, -0.05) is 0 Å². The predicted molar refractivity (Wildman–Crippen MR) is 92.2 cm³/mol. The highest BCUT2D eigenvalue weighted by Gasteiger charge is 2.15. The Labute approximate surface area is 146 Å². The standard InChI is InChI=1S/C17H22N4O4/c1-23-13-3-4-14(16(9-13)24-2)20-17(22)18-6-7-21-15-5-8-25-11-12(15)10-19-21/h3-4,9-10H,5-8,11H2,1-2H3,(H2,18,20,22). The molecule has 0 spiro atoms. The van der Waals surface area contributed by atoms with Crippen molar-refractivity contribution in [3.05, 3.63) is 35.7 Å². The minimum Gasteiger partial charge on any atom is -0.497 e. The molecule has 1 aliphatic heterocycles. The molecule has 2 aromatic rings. The summed E-state index contributed by atoms with van der Waals surface area (Å²) in [6.07, 6.45) is 2.68. The van der Waals surface area contributed by atoms with Gasteiger partial charge in [-0.3, -0.25) is 4.68 Å². The Bertz CT molecular complexity index is 744. The van der Waals surface area contributed by atoms with Gasteiger partial charge in [-0.15, -0.1) is 0 Å². The third-order valence-electron chi connectivity index (χ3n) is 4.04. The number of benzene rings is 1. The number of carbonyl (C=O) groups is 1. The zero-order valence-electron chi connectivity index (χ0n) is 14.4. The van der Waals surface area contributed by atoms with E-state index in [9.17, 15) is 4.79 Å². The van der Waals surface area contributed by atoms with E-state index in [1.807, 2.05) is 10.9 Å². The maximum atomic E-state index is 12.1. The van der Waals surface area contributed by atoms with Gasteiger partial charge >= 0.3 is 6.03 Å². The number of amides is 2. The van der Waals surface area contributed by atoms with Crippen molar-refractivity contribution < 1.29 is 19.0 Å². The molecule has 0 atom stereocenters. The van der Waals surface area contributed by atoms with E-state index in [0.29, 0.717) is 43.5 Å². The van der Waals surface area contributed by atoms with Crippen molar-refractivity contribution in [3.63, 3.8) is 0 Å². The second-order valence-electron chi connectivity index (χ2n) is 5.59. The van der Waals surface area contributed by atoms with Gasteiger partial charge in [-0.2, -0.15) is 5.10 Å². The smallest absolute Gasteiger partial charge is 0.319 e. The van der Waals surface area contributed by atoms with E-state index >= 15 is 0 Å². The number of hydrogen-bond donors (Lipinski definition) is 2. The van der Waals surface area contributed by atoms with Gasteiger partial charge in [0.25, 0.3) is 0 Å². The molecule has 134 valence electrons. The van der Waals surface area contributed by atoms with Crippen LogP contribution < -0.4 is 20.1 Å². The molecular formula is C17H22N4O4.